The van der Waals surface area contributed by atoms with Gasteiger partial charge in [-0.25, -0.2) is 9.18 Å². The molecule has 1 aromatic carbocycles. The van der Waals surface area contributed by atoms with Crippen LogP contribution in [0.25, 0.3) is 0 Å². The number of anilines is 2. The molecule has 0 saturated carbocycles. The van der Waals surface area contributed by atoms with Crippen molar-refractivity contribution in [1.29, 1.82) is 0 Å². The van der Waals surface area contributed by atoms with Crippen molar-refractivity contribution in [2.75, 3.05) is 36.0 Å². The smallest absolute Gasteiger partial charge is 0.414 e. The Labute approximate surface area is 185 Å². The average molecular weight is 452 g/mol. The Morgan fingerprint density at radius 3 is 2.55 bits per heavy atom. The van der Waals surface area contributed by atoms with Crippen molar-refractivity contribution in [2.45, 2.75) is 64.5 Å². The first-order chi connectivity index (χ1) is 14.2. The fraction of sp³-hybridized carbons (Fsp3) is 0.636. The molecule has 2 aliphatic rings. The summed E-state index contributed by atoms with van der Waals surface area (Å²) in [5.41, 5.74) is 0.656. The van der Waals surface area contributed by atoms with E-state index in [4.69, 9.17) is 9.16 Å². The predicted octanol–water partition coefficient (Wildman–Crippen LogP) is 3.89. The van der Waals surface area contributed by atoms with E-state index in [1.807, 2.05) is 4.90 Å². The predicted molar refractivity (Wildman–Crippen MR) is 122 cm³/mol. The number of hydrogen-bond acceptors (Lipinski definition) is 5. The molecule has 7 nitrogen and oxygen atoms in total. The topological polar surface area (TPSA) is 71.1 Å². The van der Waals surface area contributed by atoms with Gasteiger partial charge in [0.1, 0.15) is 11.9 Å². The van der Waals surface area contributed by atoms with Gasteiger partial charge in [0.2, 0.25) is 5.91 Å². The van der Waals surface area contributed by atoms with Gasteiger partial charge in [-0.15, -0.1) is 0 Å². The molecule has 0 radical (unpaired) electrons. The highest BCUT2D eigenvalue weighted by Gasteiger charge is 2.48. The lowest BCUT2D eigenvalue weighted by Gasteiger charge is -2.54. The number of hydrogen-bond donors (Lipinski definition) is 1. The van der Waals surface area contributed by atoms with Gasteiger partial charge in [-0.3, -0.25) is 9.69 Å². The lowest BCUT2D eigenvalue weighted by atomic mass is 9.96. The summed E-state index contributed by atoms with van der Waals surface area (Å²) in [4.78, 5) is 26.6. The maximum Gasteiger partial charge on any atom is 0.414 e. The zero-order valence-corrected chi connectivity index (χ0v) is 20.5. The molecule has 31 heavy (non-hydrogen) atoms. The Morgan fingerprint density at radius 1 is 1.35 bits per heavy atom. The van der Waals surface area contributed by atoms with Crippen LogP contribution in [0, 0.1) is 5.82 Å². The summed E-state index contributed by atoms with van der Waals surface area (Å²) < 4.78 is 26.7. The minimum absolute atomic E-state index is 0.117. The van der Waals surface area contributed by atoms with Gasteiger partial charge in [-0.2, -0.15) is 0 Å². The highest BCUT2D eigenvalue weighted by molar-refractivity contribution is 6.74. The second kappa shape index (κ2) is 8.09. The van der Waals surface area contributed by atoms with Crippen molar-refractivity contribution in [1.82, 2.24) is 5.32 Å². The van der Waals surface area contributed by atoms with Gasteiger partial charge in [0.15, 0.2) is 8.32 Å². The molecule has 1 aromatic rings. The summed E-state index contributed by atoms with van der Waals surface area (Å²) in [6.45, 7) is 16.3. The SMILES string of the molecule is CC(=O)NCC1CN(c2ccc(N3CC(C)(O[Si](C)(C)C(C)(C)C)C3)c(F)c2)C(=O)O1. The van der Waals surface area contributed by atoms with Crippen molar-refractivity contribution in [3.05, 3.63) is 24.0 Å². The van der Waals surface area contributed by atoms with E-state index < -0.39 is 20.5 Å². The molecule has 1 N–H and O–H groups in total. The number of nitrogens with one attached hydrogen (secondary N) is 1. The molecule has 2 heterocycles. The van der Waals surface area contributed by atoms with Gasteiger partial charge >= 0.3 is 6.09 Å². The van der Waals surface area contributed by atoms with Gasteiger partial charge in [-0.1, -0.05) is 20.8 Å². The summed E-state index contributed by atoms with van der Waals surface area (Å²) in [6, 6.07) is 4.79. The number of halogens is 1. The molecule has 172 valence electrons. The van der Waals surface area contributed by atoms with Gasteiger partial charge in [0.25, 0.3) is 0 Å². The van der Waals surface area contributed by atoms with E-state index in [0.717, 1.165) is 0 Å². The number of nitrogens with zero attached hydrogens (tertiary/aromatic N) is 2. The first kappa shape index (κ1) is 23.5. The number of amides is 2. The largest absolute Gasteiger partial charge is 0.442 e. The van der Waals surface area contributed by atoms with Crippen molar-refractivity contribution >= 4 is 31.7 Å². The average Bonchev–Trinajstić information content (AvgIpc) is 2.97. The van der Waals surface area contributed by atoms with Gasteiger partial charge in [0.05, 0.1) is 30.1 Å². The molecule has 0 aliphatic carbocycles. The molecule has 3 rings (SSSR count). The lowest BCUT2D eigenvalue weighted by molar-refractivity contribution is -0.119. The van der Waals surface area contributed by atoms with Gasteiger partial charge < -0.3 is 19.4 Å². The Hall–Kier alpha value is -2.13. The highest BCUT2D eigenvalue weighted by Crippen LogP contribution is 2.42. The van der Waals surface area contributed by atoms with Crippen LogP contribution in [0.2, 0.25) is 18.1 Å². The van der Waals surface area contributed by atoms with Crippen LogP contribution in [-0.2, 0) is 14.0 Å². The molecule has 2 fully saturated rings. The van der Waals surface area contributed by atoms with E-state index >= 15 is 0 Å². The van der Waals surface area contributed by atoms with Crippen LogP contribution in [0.3, 0.4) is 0 Å². The minimum atomic E-state index is -1.91. The Bertz CT molecular complexity index is 865. The Balaban J connectivity index is 1.64. The van der Waals surface area contributed by atoms with Crippen molar-refractivity contribution in [2.24, 2.45) is 0 Å². The molecule has 0 aromatic heterocycles. The first-order valence-corrected chi connectivity index (χ1v) is 13.6. The standard InChI is InChI=1S/C22H34FN3O4Si/c1-15(27)24-11-17-12-26(20(28)29-17)16-8-9-19(18(23)10-16)25-13-22(5,14-25)30-31(6,7)21(2,3)4/h8-10,17H,11-14H2,1-7H3,(H,24,27). The van der Waals surface area contributed by atoms with Crippen molar-refractivity contribution < 1.29 is 23.1 Å². The second-order valence-corrected chi connectivity index (χ2v) is 15.1. The van der Waals surface area contributed by atoms with E-state index in [0.29, 0.717) is 24.5 Å². The van der Waals surface area contributed by atoms with E-state index in [9.17, 15) is 14.0 Å². The van der Waals surface area contributed by atoms with Crippen molar-refractivity contribution in [3.63, 3.8) is 0 Å². The number of carbonyl (C=O) groups excluding carboxylic acids is 2. The van der Waals surface area contributed by atoms with Crippen LogP contribution < -0.4 is 15.1 Å². The third-order valence-corrected chi connectivity index (χ3v) is 11.0. The van der Waals surface area contributed by atoms with Crippen LogP contribution in [0.5, 0.6) is 0 Å². The quantitative estimate of drug-likeness (QED) is 0.665. The third kappa shape index (κ3) is 5.03. The second-order valence-electron chi connectivity index (χ2n) is 10.4. The summed E-state index contributed by atoms with van der Waals surface area (Å²) in [5.74, 6) is -0.575. The summed E-state index contributed by atoms with van der Waals surface area (Å²) in [6.07, 6.45) is -0.996. The molecule has 2 aliphatic heterocycles. The minimum Gasteiger partial charge on any atom is -0.442 e. The van der Waals surface area contributed by atoms with Crippen LogP contribution in [0.4, 0.5) is 20.6 Å². The summed E-state index contributed by atoms with van der Waals surface area (Å²) in [7, 11) is -1.91. The van der Waals surface area contributed by atoms with E-state index in [1.54, 1.807) is 12.1 Å². The molecule has 1 unspecified atom stereocenters. The van der Waals surface area contributed by atoms with E-state index in [2.05, 4.69) is 46.1 Å². The Morgan fingerprint density at radius 2 is 2.00 bits per heavy atom. The summed E-state index contributed by atoms with van der Waals surface area (Å²) in [5, 5.41) is 2.75. The number of carbonyl (C=O) groups is 2. The monoisotopic (exact) mass is 451 g/mol. The van der Waals surface area contributed by atoms with Crippen LogP contribution in [0.15, 0.2) is 18.2 Å². The van der Waals surface area contributed by atoms with Crippen molar-refractivity contribution in [3.8, 4) is 0 Å². The molecule has 2 saturated heterocycles. The molecule has 2 amide bonds. The fourth-order valence-electron chi connectivity index (χ4n) is 3.78. The number of rotatable bonds is 6. The van der Waals surface area contributed by atoms with Gasteiger partial charge in [0, 0.05) is 20.0 Å². The maximum atomic E-state index is 14.9. The lowest BCUT2D eigenvalue weighted by Crippen LogP contribution is -2.66. The first-order valence-electron chi connectivity index (χ1n) is 10.7. The summed E-state index contributed by atoms with van der Waals surface area (Å²) >= 11 is 0. The van der Waals surface area contributed by atoms with E-state index in [-0.39, 0.29) is 35.5 Å². The molecular formula is C22H34FN3O4Si. The highest BCUT2D eigenvalue weighted by atomic mass is 28.4. The number of benzene rings is 1. The maximum absolute atomic E-state index is 14.9. The molecule has 0 spiro atoms. The fourth-order valence-corrected chi connectivity index (χ4v) is 5.45. The number of cyclic esters (lactones) is 1. The zero-order chi connectivity index (χ0) is 23.2. The molecule has 1 atom stereocenters. The van der Waals surface area contributed by atoms with E-state index in [1.165, 1.54) is 17.9 Å². The molecule has 9 heteroatoms. The zero-order valence-electron chi connectivity index (χ0n) is 19.5. The molecular weight excluding hydrogens is 417 g/mol. The van der Waals surface area contributed by atoms with Crippen LogP contribution >= 0.6 is 0 Å². The number of ether oxygens (including phenoxy) is 1. The molecule has 0 bridgehead atoms. The van der Waals surface area contributed by atoms with Crippen LogP contribution in [0.1, 0.15) is 34.6 Å². The van der Waals surface area contributed by atoms with Crippen LogP contribution in [-0.4, -0.2) is 58.2 Å². The normalized spacial score (nSPS) is 21.0. The Kier molecular flexibility index (Phi) is 6.14. The third-order valence-electron chi connectivity index (χ3n) is 6.39. The van der Waals surface area contributed by atoms with Gasteiger partial charge in [-0.05, 0) is 43.3 Å².